The largest absolute Gasteiger partial charge is 0.454 e. The smallest absolute Gasteiger partial charge is 0.257 e. The Kier molecular flexibility index (Phi) is 4.54. The Morgan fingerprint density at radius 3 is 2.70 bits per heavy atom. The van der Waals surface area contributed by atoms with Gasteiger partial charge in [0.2, 0.25) is 12.7 Å². The molecule has 1 aromatic heterocycles. The third-order valence-electron chi connectivity index (χ3n) is 5.46. The summed E-state index contributed by atoms with van der Waals surface area (Å²) in [5.74, 6) is 2.51. The van der Waals surface area contributed by atoms with E-state index in [1.165, 1.54) is 0 Å². The molecule has 0 bridgehead atoms. The van der Waals surface area contributed by atoms with Crippen molar-refractivity contribution < 1.29 is 18.8 Å². The molecule has 0 saturated carbocycles. The minimum Gasteiger partial charge on any atom is -0.454 e. The van der Waals surface area contributed by atoms with Crippen molar-refractivity contribution in [1.29, 1.82) is 0 Å². The molecule has 0 N–H and O–H groups in total. The van der Waals surface area contributed by atoms with Crippen LogP contribution in [0.2, 0.25) is 0 Å². The van der Waals surface area contributed by atoms with Crippen molar-refractivity contribution in [3.05, 3.63) is 53.9 Å². The number of likely N-dealkylation sites (tertiary alicyclic amines) is 1. The second-order valence-electron chi connectivity index (χ2n) is 7.76. The lowest BCUT2D eigenvalue weighted by molar-refractivity contribution is -0.128. The zero-order valence-corrected chi connectivity index (χ0v) is 16.9. The van der Waals surface area contributed by atoms with Crippen LogP contribution in [0.4, 0.5) is 5.69 Å². The number of nitrogens with zero attached hydrogens (tertiary/aromatic N) is 4. The van der Waals surface area contributed by atoms with Gasteiger partial charge < -0.3 is 23.8 Å². The van der Waals surface area contributed by atoms with Crippen molar-refractivity contribution in [1.82, 2.24) is 15.0 Å². The minimum atomic E-state index is -0.0786. The molecule has 2 aliphatic rings. The molecule has 154 valence electrons. The normalized spacial score (nSPS) is 17.6. The molecule has 3 aromatic rings. The number of fused-ring (bicyclic) bond motifs is 1. The Balaban J connectivity index is 1.28. The van der Waals surface area contributed by atoms with E-state index in [0.717, 1.165) is 28.3 Å². The first-order valence-electron chi connectivity index (χ1n) is 9.84. The summed E-state index contributed by atoms with van der Waals surface area (Å²) in [5.41, 5.74) is 2.96. The average molecular weight is 406 g/mol. The molecule has 0 aliphatic carbocycles. The van der Waals surface area contributed by atoms with Gasteiger partial charge in [0, 0.05) is 50.8 Å². The van der Waals surface area contributed by atoms with Gasteiger partial charge in [-0.05, 0) is 42.0 Å². The summed E-state index contributed by atoms with van der Waals surface area (Å²) in [5, 5.41) is 4.14. The van der Waals surface area contributed by atoms with Gasteiger partial charge in [0.25, 0.3) is 5.89 Å². The Bertz CT molecular complexity index is 1080. The van der Waals surface area contributed by atoms with Crippen molar-refractivity contribution in [2.45, 2.75) is 18.9 Å². The van der Waals surface area contributed by atoms with Gasteiger partial charge in [0.1, 0.15) is 0 Å². The van der Waals surface area contributed by atoms with Gasteiger partial charge in [-0.2, -0.15) is 4.98 Å². The second-order valence-corrected chi connectivity index (χ2v) is 7.76. The van der Waals surface area contributed by atoms with Crippen LogP contribution in [0.3, 0.4) is 0 Å². The molecule has 0 radical (unpaired) electrons. The van der Waals surface area contributed by atoms with E-state index in [2.05, 4.69) is 10.1 Å². The van der Waals surface area contributed by atoms with Crippen molar-refractivity contribution >= 4 is 11.6 Å². The topological polar surface area (TPSA) is 80.9 Å². The van der Waals surface area contributed by atoms with Crippen LogP contribution >= 0.6 is 0 Å². The molecular weight excluding hydrogens is 384 g/mol. The molecule has 2 aliphatic heterocycles. The standard InChI is InChI=1S/C22H22N4O4/c1-25(2)17-6-4-15(5-7-17)22-23-21(24-30-22)16-10-20(27)26(12-16)11-14-3-8-18-19(9-14)29-13-28-18/h3-9,16H,10-13H2,1-2H3. The van der Waals surface area contributed by atoms with Crippen LogP contribution in [0.25, 0.3) is 11.5 Å². The first-order valence-corrected chi connectivity index (χ1v) is 9.84. The predicted molar refractivity (Wildman–Crippen MR) is 109 cm³/mol. The number of amides is 1. The fourth-order valence-electron chi connectivity index (χ4n) is 3.78. The lowest BCUT2D eigenvalue weighted by Crippen LogP contribution is -2.24. The molecule has 8 nitrogen and oxygen atoms in total. The number of carbonyl (C=O) groups is 1. The van der Waals surface area contributed by atoms with Gasteiger partial charge in [0.15, 0.2) is 17.3 Å². The molecule has 8 heteroatoms. The zero-order chi connectivity index (χ0) is 20.7. The zero-order valence-electron chi connectivity index (χ0n) is 16.9. The van der Waals surface area contributed by atoms with Gasteiger partial charge in [-0.25, -0.2) is 0 Å². The quantitative estimate of drug-likeness (QED) is 0.644. The van der Waals surface area contributed by atoms with Gasteiger partial charge in [0.05, 0.1) is 0 Å². The van der Waals surface area contributed by atoms with Crippen LogP contribution in [0.15, 0.2) is 47.0 Å². The van der Waals surface area contributed by atoms with E-state index < -0.39 is 0 Å². The number of aromatic nitrogens is 2. The highest BCUT2D eigenvalue weighted by atomic mass is 16.7. The summed E-state index contributed by atoms with van der Waals surface area (Å²) < 4.78 is 16.2. The Morgan fingerprint density at radius 1 is 1.10 bits per heavy atom. The summed E-state index contributed by atoms with van der Waals surface area (Å²) >= 11 is 0. The highest BCUT2D eigenvalue weighted by molar-refractivity contribution is 5.79. The fourth-order valence-corrected chi connectivity index (χ4v) is 3.78. The number of rotatable bonds is 5. The van der Waals surface area contributed by atoms with Crippen molar-refractivity contribution in [3.63, 3.8) is 0 Å². The van der Waals surface area contributed by atoms with Crippen molar-refractivity contribution in [3.8, 4) is 23.0 Å². The molecule has 1 atom stereocenters. The number of hydrogen-bond acceptors (Lipinski definition) is 7. The fraction of sp³-hybridized carbons (Fsp3) is 0.318. The van der Waals surface area contributed by atoms with Crippen LogP contribution < -0.4 is 14.4 Å². The summed E-state index contributed by atoms with van der Waals surface area (Å²) in [7, 11) is 3.98. The first-order chi connectivity index (χ1) is 14.6. The van der Waals surface area contributed by atoms with Gasteiger partial charge in [-0.1, -0.05) is 11.2 Å². The molecule has 3 heterocycles. The summed E-state index contributed by atoms with van der Waals surface area (Å²) in [4.78, 5) is 21.0. The van der Waals surface area contributed by atoms with E-state index in [4.69, 9.17) is 14.0 Å². The lowest BCUT2D eigenvalue weighted by Gasteiger charge is -2.16. The molecule has 1 fully saturated rings. The van der Waals surface area contributed by atoms with Crippen molar-refractivity contribution in [2.24, 2.45) is 0 Å². The summed E-state index contributed by atoms with van der Waals surface area (Å²) in [6.07, 6.45) is 0.378. The Hall–Kier alpha value is -3.55. The Morgan fingerprint density at radius 2 is 1.90 bits per heavy atom. The highest BCUT2D eigenvalue weighted by Crippen LogP contribution is 2.34. The summed E-state index contributed by atoms with van der Waals surface area (Å²) in [6.45, 7) is 1.32. The SMILES string of the molecule is CN(C)c1ccc(-c2nc(C3CC(=O)N(Cc4ccc5c(c4)OCO5)C3)no2)cc1. The van der Waals surface area contributed by atoms with Crippen LogP contribution in [0, 0.1) is 0 Å². The average Bonchev–Trinajstić information content (AvgIpc) is 3.48. The van der Waals surface area contributed by atoms with Gasteiger partial charge in [-0.3, -0.25) is 4.79 Å². The van der Waals surface area contributed by atoms with E-state index >= 15 is 0 Å². The number of benzene rings is 2. The summed E-state index contributed by atoms with van der Waals surface area (Å²) in [6, 6.07) is 13.7. The molecule has 30 heavy (non-hydrogen) atoms. The molecule has 1 saturated heterocycles. The molecule has 0 spiro atoms. The number of anilines is 1. The predicted octanol–water partition coefficient (Wildman–Crippen LogP) is 3.05. The monoisotopic (exact) mass is 406 g/mol. The number of ether oxygens (including phenoxy) is 2. The second kappa shape index (κ2) is 7.37. The third-order valence-corrected chi connectivity index (χ3v) is 5.46. The molecule has 1 unspecified atom stereocenters. The molecule has 1 amide bonds. The van der Waals surface area contributed by atoms with E-state index in [-0.39, 0.29) is 18.6 Å². The maximum atomic E-state index is 12.6. The molecule has 5 rings (SSSR count). The van der Waals surface area contributed by atoms with Gasteiger partial charge in [-0.15, -0.1) is 0 Å². The minimum absolute atomic E-state index is 0.0786. The van der Waals surface area contributed by atoms with E-state index in [9.17, 15) is 4.79 Å². The number of hydrogen-bond donors (Lipinski definition) is 0. The van der Waals surface area contributed by atoms with E-state index in [1.807, 2.05) is 66.4 Å². The van der Waals surface area contributed by atoms with Crippen LogP contribution in [-0.2, 0) is 11.3 Å². The van der Waals surface area contributed by atoms with Crippen molar-refractivity contribution in [2.75, 3.05) is 32.3 Å². The highest BCUT2D eigenvalue weighted by Gasteiger charge is 2.34. The van der Waals surface area contributed by atoms with Crippen LogP contribution in [0.5, 0.6) is 11.5 Å². The lowest BCUT2D eigenvalue weighted by atomic mass is 10.1. The third kappa shape index (κ3) is 3.45. The molecule has 2 aromatic carbocycles. The van der Waals surface area contributed by atoms with Gasteiger partial charge >= 0.3 is 0 Å². The maximum absolute atomic E-state index is 12.6. The first kappa shape index (κ1) is 18.5. The van der Waals surface area contributed by atoms with E-state index in [0.29, 0.717) is 31.2 Å². The van der Waals surface area contributed by atoms with Crippen LogP contribution in [-0.4, -0.2) is 48.4 Å². The van der Waals surface area contributed by atoms with E-state index in [1.54, 1.807) is 0 Å². The maximum Gasteiger partial charge on any atom is 0.257 e. The number of carbonyl (C=O) groups excluding carboxylic acids is 1. The molecular formula is C22H22N4O4. The Labute approximate surface area is 174 Å². The van der Waals surface area contributed by atoms with Crippen LogP contribution in [0.1, 0.15) is 23.7 Å².